The number of pyridine rings is 1. The quantitative estimate of drug-likeness (QED) is 0.575. The van der Waals surface area contributed by atoms with E-state index in [9.17, 15) is 18.0 Å². The van der Waals surface area contributed by atoms with Crippen molar-refractivity contribution in [2.24, 2.45) is 5.92 Å². The van der Waals surface area contributed by atoms with Crippen LogP contribution in [0.3, 0.4) is 0 Å². The van der Waals surface area contributed by atoms with Gasteiger partial charge < -0.3 is 24.1 Å². The molecule has 1 N–H and O–H groups in total. The Morgan fingerprint density at radius 3 is 2.61 bits per heavy atom. The number of amides is 1. The molecule has 3 heterocycles. The summed E-state index contributed by atoms with van der Waals surface area (Å²) in [4.78, 5) is 20.3. The second-order valence-corrected chi connectivity index (χ2v) is 7.83. The predicted octanol–water partition coefficient (Wildman–Crippen LogP) is 3.58. The molecule has 1 amide bonds. The van der Waals surface area contributed by atoms with E-state index >= 15 is 0 Å². The van der Waals surface area contributed by atoms with Crippen molar-refractivity contribution in [1.29, 1.82) is 0 Å². The monoisotopic (exact) mass is 464 g/mol. The van der Waals surface area contributed by atoms with Crippen LogP contribution in [0.25, 0.3) is 22.3 Å². The maximum Gasteiger partial charge on any atom is 0.406 e. The molecule has 1 fully saturated rings. The van der Waals surface area contributed by atoms with Crippen LogP contribution in [0.15, 0.2) is 30.6 Å². The van der Waals surface area contributed by atoms with Gasteiger partial charge in [-0.3, -0.25) is 4.79 Å². The summed E-state index contributed by atoms with van der Waals surface area (Å²) >= 11 is 0. The van der Waals surface area contributed by atoms with Gasteiger partial charge in [-0.15, -0.1) is 0 Å². The van der Waals surface area contributed by atoms with Crippen molar-refractivity contribution in [3.05, 3.63) is 30.6 Å². The summed E-state index contributed by atoms with van der Waals surface area (Å²) in [6, 6.07) is 6.78. The summed E-state index contributed by atoms with van der Waals surface area (Å²) in [5.41, 5.74) is 1.54. The smallest absolute Gasteiger partial charge is 0.406 e. The number of carbonyl (C=O) groups excluding carboxylic acids is 1. The van der Waals surface area contributed by atoms with Crippen molar-refractivity contribution in [3.63, 3.8) is 0 Å². The van der Waals surface area contributed by atoms with Gasteiger partial charge in [0.25, 0.3) is 0 Å². The first-order valence-corrected chi connectivity index (χ1v) is 10.3. The molecule has 1 aliphatic heterocycles. The first-order valence-electron chi connectivity index (χ1n) is 10.3. The molecule has 3 aromatic rings. The lowest BCUT2D eigenvalue weighted by atomic mass is 10.0. The second kappa shape index (κ2) is 8.80. The van der Waals surface area contributed by atoms with Crippen LogP contribution in [0.2, 0.25) is 0 Å². The van der Waals surface area contributed by atoms with E-state index in [1.54, 1.807) is 31.2 Å². The predicted molar refractivity (Wildman–Crippen MR) is 113 cm³/mol. The number of halogens is 3. The fourth-order valence-corrected chi connectivity index (χ4v) is 3.83. The van der Waals surface area contributed by atoms with E-state index in [2.05, 4.69) is 15.3 Å². The van der Waals surface area contributed by atoms with Gasteiger partial charge in [0.05, 0.1) is 31.8 Å². The van der Waals surface area contributed by atoms with Crippen LogP contribution in [0.5, 0.6) is 17.4 Å². The number of alkyl halides is 3. The standard InChI is InChI=1S/C22H23F3N4O4/c1-12(14-7-19(30)26-9-14)33-21-20-16(27-11-29(20)10-22(23,24)25)8-15(28-21)13-4-5-17(31-2)18(6-13)32-3/h4-6,8,11-12,14H,7,9-10H2,1-3H3,(H,26,30). The number of nitrogens with zero attached hydrogens (tertiary/aromatic N) is 3. The number of hydrogen-bond acceptors (Lipinski definition) is 6. The molecule has 2 aromatic heterocycles. The molecule has 1 saturated heterocycles. The zero-order valence-corrected chi connectivity index (χ0v) is 18.3. The summed E-state index contributed by atoms with van der Waals surface area (Å²) in [5.74, 6) is 0.810. The highest BCUT2D eigenvalue weighted by atomic mass is 19.4. The average Bonchev–Trinajstić information content (AvgIpc) is 3.38. The highest BCUT2D eigenvalue weighted by Gasteiger charge is 2.32. The molecule has 1 aromatic carbocycles. The Bertz CT molecular complexity index is 1180. The lowest BCUT2D eigenvalue weighted by molar-refractivity contribution is -0.140. The van der Waals surface area contributed by atoms with Crippen LogP contribution in [0.1, 0.15) is 13.3 Å². The van der Waals surface area contributed by atoms with Crippen molar-refractivity contribution >= 4 is 16.9 Å². The van der Waals surface area contributed by atoms with Crippen LogP contribution < -0.4 is 19.5 Å². The molecule has 8 nitrogen and oxygen atoms in total. The molecule has 0 radical (unpaired) electrons. The molecule has 33 heavy (non-hydrogen) atoms. The van der Waals surface area contributed by atoms with Crippen LogP contribution >= 0.6 is 0 Å². The van der Waals surface area contributed by atoms with Crippen LogP contribution in [-0.4, -0.2) is 53.5 Å². The van der Waals surface area contributed by atoms with E-state index in [-0.39, 0.29) is 29.6 Å². The Hall–Kier alpha value is -3.50. The fourth-order valence-electron chi connectivity index (χ4n) is 3.83. The van der Waals surface area contributed by atoms with Gasteiger partial charge in [-0.1, -0.05) is 0 Å². The molecule has 2 atom stereocenters. The first kappa shape index (κ1) is 22.7. The number of imidazole rings is 1. The number of ether oxygens (including phenoxy) is 3. The Morgan fingerprint density at radius 2 is 1.97 bits per heavy atom. The van der Waals surface area contributed by atoms with Crippen molar-refractivity contribution in [2.45, 2.75) is 32.2 Å². The van der Waals surface area contributed by atoms with Gasteiger partial charge in [0, 0.05) is 24.4 Å². The molecule has 0 spiro atoms. The number of rotatable bonds is 7. The zero-order valence-electron chi connectivity index (χ0n) is 18.3. The average molecular weight is 464 g/mol. The minimum atomic E-state index is -4.44. The molecular formula is C22H23F3N4O4. The molecular weight excluding hydrogens is 441 g/mol. The summed E-state index contributed by atoms with van der Waals surface area (Å²) in [6.45, 7) is 0.974. The Labute approximate surface area is 187 Å². The Balaban J connectivity index is 1.79. The van der Waals surface area contributed by atoms with Crippen LogP contribution in [0, 0.1) is 5.92 Å². The van der Waals surface area contributed by atoms with Crippen molar-refractivity contribution in [2.75, 3.05) is 20.8 Å². The van der Waals surface area contributed by atoms with Crippen molar-refractivity contribution in [1.82, 2.24) is 19.9 Å². The lowest BCUT2D eigenvalue weighted by Gasteiger charge is -2.20. The number of methoxy groups -OCH3 is 2. The molecule has 4 rings (SSSR count). The molecule has 0 saturated carbocycles. The van der Waals surface area contributed by atoms with E-state index < -0.39 is 18.8 Å². The van der Waals surface area contributed by atoms with Crippen LogP contribution in [-0.2, 0) is 11.3 Å². The fraction of sp³-hybridized carbons (Fsp3) is 0.409. The second-order valence-electron chi connectivity index (χ2n) is 7.83. The normalized spacial score (nSPS) is 17.2. The van der Waals surface area contributed by atoms with Gasteiger partial charge in [0.1, 0.15) is 18.2 Å². The van der Waals surface area contributed by atoms with Crippen molar-refractivity contribution < 1.29 is 32.2 Å². The van der Waals surface area contributed by atoms with Crippen molar-refractivity contribution in [3.8, 4) is 28.6 Å². The Morgan fingerprint density at radius 1 is 1.21 bits per heavy atom. The highest BCUT2D eigenvalue weighted by Crippen LogP contribution is 2.36. The number of carbonyl (C=O) groups is 1. The third kappa shape index (κ3) is 4.81. The SMILES string of the molecule is COc1ccc(-c2cc3ncn(CC(F)(F)F)c3c(OC(C)C3CNC(=O)C3)n2)cc1OC. The maximum atomic E-state index is 13.1. The summed E-state index contributed by atoms with van der Waals surface area (Å²) in [7, 11) is 3.02. The zero-order chi connectivity index (χ0) is 23.8. The molecule has 1 aliphatic rings. The number of aromatic nitrogens is 3. The van der Waals surface area contributed by atoms with Gasteiger partial charge in [0.15, 0.2) is 11.5 Å². The molecule has 176 valence electrons. The minimum Gasteiger partial charge on any atom is -0.493 e. The number of benzene rings is 1. The van der Waals surface area contributed by atoms with Crippen LogP contribution in [0.4, 0.5) is 13.2 Å². The first-order chi connectivity index (χ1) is 15.7. The lowest BCUT2D eigenvalue weighted by Crippen LogP contribution is -2.26. The van der Waals surface area contributed by atoms with Gasteiger partial charge in [-0.05, 0) is 31.2 Å². The number of nitrogens with one attached hydrogen (secondary N) is 1. The number of hydrogen-bond donors (Lipinski definition) is 1. The maximum absolute atomic E-state index is 13.1. The molecule has 0 bridgehead atoms. The van der Waals surface area contributed by atoms with Gasteiger partial charge in [0.2, 0.25) is 11.8 Å². The van der Waals surface area contributed by atoms with E-state index in [0.717, 1.165) is 10.9 Å². The highest BCUT2D eigenvalue weighted by molar-refractivity contribution is 5.85. The third-order valence-electron chi connectivity index (χ3n) is 5.56. The number of fused-ring (bicyclic) bond motifs is 1. The third-order valence-corrected chi connectivity index (χ3v) is 5.56. The van der Waals surface area contributed by atoms with E-state index in [1.165, 1.54) is 14.2 Å². The molecule has 2 unspecified atom stereocenters. The molecule has 11 heteroatoms. The van der Waals surface area contributed by atoms with Gasteiger partial charge in [-0.2, -0.15) is 13.2 Å². The van der Waals surface area contributed by atoms with Gasteiger partial charge in [-0.25, -0.2) is 9.97 Å². The summed E-state index contributed by atoms with van der Waals surface area (Å²) in [6.07, 6.45) is -3.51. The van der Waals surface area contributed by atoms with E-state index in [4.69, 9.17) is 14.2 Å². The largest absolute Gasteiger partial charge is 0.493 e. The van der Waals surface area contributed by atoms with Gasteiger partial charge >= 0.3 is 6.18 Å². The minimum absolute atomic E-state index is 0.0193. The van der Waals surface area contributed by atoms with E-state index in [0.29, 0.717) is 34.8 Å². The topological polar surface area (TPSA) is 87.5 Å². The molecule has 0 aliphatic carbocycles. The summed E-state index contributed by atoms with van der Waals surface area (Å²) < 4.78 is 57.1. The van der Waals surface area contributed by atoms with E-state index in [1.807, 2.05) is 0 Å². The summed E-state index contributed by atoms with van der Waals surface area (Å²) in [5, 5.41) is 2.74. The Kier molecular flexibility index (Phi) is 6.05.